The molecule has 2 saturated heterocycles. The number of nitrogens with zero attached hydrogens (tertiary/aromatic N) is 2. The number of hydrogen-bond donors (Lipinski definition) is 1. The SMILES string of the molecule is CN(C)c1ccc(N)cc1C(=O)N1CC2CCC(C1)O2. The van der Waals surface area contributed by atoms with Gasteiger partial charge >= 0.3 is 0 Å². The lowest BCUT2D eigenvalue weighted by molar-refractivity contribution is -0.0303. The van der Waals surface area contributed by atoms with Crippen LogP contribution in [0.3, 0.4) is 0 Å². The number of nitrogens with two attached hydrogens (primary N) is 1. The molecule has 2 fully saturated rings. The van der Waals surface area contributed by atoms with Crippen LogP contribution in [0.15, 0.2) is 18.2 Å². The quantitative estimate of drug-likeness (QED) is 0.827. The zero-order chi connectivity index (χ0) is 14.3. The Hall–Kier alpha value is -1.75. The Kier molecular flexibility index (Phi) is 3.30. The summed E-state index contributed by atoms with van der Waals surface area (Å²) in [4.78, 5) is 16.6. The second-order valence-electron chi connectivity index (χ2n) is 5.84. The zero-order valence-corrected chi connectivity index (χ0v) is 12.0. The number of nitrogen functional groups attached to an aromatic ring is 1. The number of hydrogen-bond acceptors (Lipinski definition) is 4. The Labute approximate surface area is 119 Å². The Balaban J connectivity index is 1.88. The first-order valence-electron chi connectivity index (χ1n) is 7.06. The summed E-state index contributed by atoms with van der Waals surface area (Å²) in [6, 6.07) is 5.50. The molecule has 0 saturated carbocycles. The third-order valence-corrected chi connectivity index (χ3v) is 4.06. The second-order valence-corrected chi connectivity index (χ2v) is 5.84. The van der Waals surface area contributed by atoms with Crippen molar-refractivity contribution >= 4 is 17.3 Å². The minimum Gasteiger partial charge on any atom is -0.399 e. The number of amides is 1. The monoisotopic (exact) mass is 275 g/mol. The van der Waals surface area contributed by atoms with Gasteiger partial charge in [-0.1, -0.05) is 0 Å². The molecule has 1 aromatic carbocycles. The van der Waals surface area contributed by atoms with Gasteiger partial charge in [-0.3, -0.25) is 4.79 Å². The van der Waals surface area contributed by atoms with E-state index in [0.29, 0.717) is 24.3 Å². The molecule has 2 atom stereocenters. The minimum absolute atomic E-state index is 0.0567. The van der Waals surface area contributed by atoms with E-state index in [1.807, 2.05) is 36.0 Å². The standard InChI is InChI=1S/C15H21N3O2/c1-17(2)14-6-3-10(16)7-13(14)15(19)18-8-11-4-5-12(9-18)20-11/h3,6-7,11-12H,4-5,8-9,16H2,1-2H3. The summed E-state index contributed by atoms with van der Waals surface area (Å²) in [5.41, 5.74) is 8.05. The fourth-order valence-corrected chi connectivity index (χ4v) is 3.07. The fraction of sp³-hybridized carbons (Fsp3) is 0.533. The molecule has 108 valence electrons. The van der Waals surface area contributed by atoms with Gasteiger partial charge in [-0.05, 0) is 31.0 Å². The molecule has 20 heavy (non-hydrogen) atoms. The van der Waals surface area contributed by atoms with E-state index in [4.69, 9.17) is 10.5 Å². The highest BCUT2D eigenvalue weighted by atomic mass is 16.5. The molecule has 1 amide bonds. The first kappa shape index (κ1) is 13.2. The van der Waals surface area contributed by atoms with E-state index < -0.39 is 0 Å². The summed E-state index contributed by atoms with van der Waals surface area (Å²) in [5, 5.41) is 0. The number of morpholine rings is 1. The van der Waals surface area contributed by atoms with E-state index in [-0.39, 0.29) is 18.1 Å². The summed E-state index contributed by atoms with van der Waals surface area (Å²) in [6.07, 6.45) is 2.54. The second kappa shape index (κ2) is 4.98. The summed E-state index contributed by atoms with van der Waals surface area (Å²) >= 11 is 0. The number of carbonyl (C=O) groups excluding carboxylic acids is 1. The van der Waals surface area contributed by atoms with Crippen LogP contribution in [0.25, 0.3) is 0 Å². The molecule has 0 spiro atoms. The fourth-order valence-electron chi connectivity index (χ4n) is 3.07. The number of rotatable bonds is 2. The first-order chi connectivity index (χ1) is 9.54. The molecule has 5 heteroatoms. The number of benzene rings is 1. The zero-order valence-electron chi connectivity index (χ0n) is 12.0. The molecule has 2 aliphatic rings. The number of ether oxygens (including phenoxy) is 1. The highest BCUT2D eigenvalue weighted by Gasteiger charge is 2.36. The average Bonchev–Trinajstić information content (AvgIpc) is 2.76. The van der Waals surface area contributed by atoms with Crippen molar-refractivity contribution in [1.82, 2.24) is 4.90 Å². The normalized spacial score (nSPS) is 24.8. The largest absolute Gasteiger partial charge is 0.399 e. The smallest absolute Gasteiger partial charge is 0.256 e. The van der Waals surface area contributed by atoms with Crippen LogP contribution in [0.1, 0.15) is 23.2 Å². The molecular formula is C15H21N3O2. The van der Waals surface area contributed by atoms with Gasteiger partial charge in [0, 0.05) is 38.6 Å². The van der Waals surface area contributed by atoms with Gasteiger partial charge in [0.05, 0.1) is 17.8 Å². The molecule has 0 aliphatic carbocycles. The van der Waals surface area contributed by atoms with Crippen LogP contribution in [0.2, 0.25) is 0 Å². The molecule has 2 unspecified atom stereocenters. The maximum atomic E-state index is 12.8. The number of anilines is 2. The van der Waals surface area contributed by atoms with E-state index >= 15 is 0 Å². The van der Waals surface area contributed by atoms with Crippen molar-refractivity contribution < 1.29 is 9.53 Å². The van der Waals surface area contributed by atoms with Gasteiger partial charge in [-0.15, -0.1) is 0 Å². The van der Waals surface area contributed by atoms with Crippen LogP contribution >= 0.6 is 0 Å². The third-order valence-electron chi connectivity index (χ3n) is 4.06. The molecular weight excluding hydrogens is 254 g/mol. The van der Waals surface area contributed by atoms with Gasteiger partial charge in [-0.2, -0.15) is 0 Å². The van der Waals surface area contributed by atoms with Crippen molar-refractivity contribution in [3.05, 3.63) is 23.8 Å². The van der Waals surface area contributed by atoms with E-state index in [9.17, 15) is 4.79 Å². The van der Waals surface area contributed by atoms with Crippen LogP contribution < -0.4 is 10.6 Å². The van der Waals surface area contributed by atoms with Gasteiger partial charge in [0.1, 0.15) is 0 Å². The van der Waals surface area contributed by atoms with Crippen molar-refractivity contribution in [3.63, 3.8) is 0 Å². The molecule has 2 aliphatic heterocycles. The summed E-state index contributed by atoms with van der Waals surface area (Å²) < 4.78 is 5.79. The van der Waals surface area contributed by atoms with E-state index in [2.05, 4.69) is 0 Å². The predicted octanol–water partition coefficient (Wildman–Crippen LogP) is 1.34. The molecule has 2 N–H and O–H groups in total. The Morgan fingerprint density at radius 1 is 1.30 bits per heavy atom. The average molecular weight is 275 g/mol. The van der Waals surface area contributed by atoms with Gasteiger partial charge < -0.3 is 20.3 Å². The maximum Gasteiger partial charge on any atom is 0.256 e. The van der Waals surface area contributed by atoms with Crippen LogP contribution in [0.5, 0.6) is 0 Å². The summed E-state index contributed by atoms with van der Waals surface area (Å²) in [7, 11) is 3.87. The number of carbonyl (C=O) groups is 1. The molecule has 0 radical (unpaired) electrons. The third kappa shape index (κ3) is 2.33. The van der Waals surface area contributed by atoms with E-state index in [1.54, 1.807) is 6.07 Å². The Morgan fingerprint density at radius 2 is 1.95 bits per heavy atom. The van der Waals surface area contributed by atoms with Crippen LogP contribution in [0, 0.1) is 0 Å². The van der Waals surface area contributed by atoms with Crippen LogP contribution in [0.4, 0.5) is 11.4 Å². The Bertz CT molecular complexity index is 518. The van der Waals surface area contributed by atoms with Crippen molar-refractivity contribution in [3.8, 4) is 0 Å². The van der Waals surface area contributed by atoms with Crippen molar-refractivity contribution in [2.45, 2.75) is 25.0 Å². The first-order valence-corrected chi connectivity index (χ1v) is 7.06. The lowest BCUT2D eigenvalue weighted by Crippen LogP contribution is -2.46. The lowest BCUT2D eigenvalue weighted by atomic mass is 10.1. The van der Waals surface area contributed by atoms with Crippen molar-refractivity contribution in [1.29, 1.82) is 0 Å². The molecule has 1 aromatic rings. The Morgan fingerprint density at radius 3 is 2.55 bits per heavy atom. The van der Waals surface area contributed by atoms with Gasteiger partial charge in [0.2, 0.25) is 0 Å². The molecule has 0 aromatic heterocycles. The van der Waals surface area contributed by atoms with E-state index in [1.165, 1.54) is 0 Å². The van der Waals surface area contributed by atoms with Gasteiger partial charge in [0.15, 0.2) is 0 Å². The lowest BCUT2D eigenvalue weighted by Gasteiger charge is -2.33. The summed E-state index contributed by atoms with van der Waals surface area (Å²) in [5.74, 6) is 0.0567. The summed E-state index contributed by atoms with van der Waals surface area (Å²) in [6.45, 7) is 1.38. The molecule has 5 nitrogen and oxygen atoms in total. The van der Waals surface area contributed by atoms with Crippen molar-refractivity contribution in [2.24, 2.45) is 0 Å². The molecule has 3 rings (SSSR count). The molecule has 2 bridgehead atoms. The van der Waals surface area contributed by atoms with Gasteiger partial charge in [0.25, 0.3) is 5.91 Å². The van der Waals surface area contributed by atoms with Crippen LogP contribution in [-0.4, -0.2) is 50.2 Å². The van der Waals surface area contributed by atoms with Crippen LogP contribution in [-0.2, 0) is 4.74 Å². The van der Waals surface area contributed by atoms with E-state index in [0.717, 1.165) is 18.5 Å². The highest BCUT2D eigenvalue weighted by Crippen LogP contribution is 2.29. The minimum atomic E-state index is 0.0567. The van der Waals surface area contributed by atoms with Gasteiger partial charge in [-0.25, -0.2) is 0 Å². The maximum absolute atomic E-state index is 12.8. The predicted molar refractivity (Wildman–Crippen MR) is 79.0 cm³/mol. The van der Waals surface area contributed by atoms with Crippen molar-refractivity contribution in [2.75, 3.05) is 37.8 Å². The number of fused-ring (bicyclic) bond motifs is 2. The molecule has 2 heterocycles. The number of likely N-dealkylation sites (tertiary alicyclic amines) is 1. The topological polar surface area (TPSA) is 58.8 Å². The highest BCUT2D eigenvalue weighted by molar-refractivity contribution is 6.00.